The number of halogens is 4. The summed E-state index contributed by atoms with van der Waals surface area (Å²) in [6.45, 7) is 0. The van der Waals surface area contributed by atoms with E-state index in [2.05, 4.69) is 58.8 Å². The molecule has 0 spiro atoms. The Kier molecular flexibility index (Phi) is 25.7. The van der Waals surface area contributed by atoms with Crippen molar-refractivity contribution in [1.82, 2.24) is 39.8 Å². The Morgan fingerprint density at radius 1 is 0.448 bits per heavy atom. The molecule has 0 radical (unpaired) electrons. The predicted molar refractivity (Wildman–Crippen MR) is 110 cm³/mol. The van der Waals surface area contributed by atoms with Crippen LogP contribution in [0, 0.1) is 0 Å². The molecule has 0 unspecified atom stereocenters. The van der Waals surface area contributed by atoms with Gasteiger partial charge in [-0.15, -0.1) is 0 Å². The molecule has 0 aromatic heterocycles. The van der Waals surface area contributed by atoms with Crippen LogP contribution in [0.1, 0.15) is 0 Å². The third-order valence-corrected chi connectivity index (χ3v) is 17.9. The fraction of sp³-hybridized carbons (Fsp3) is 1.00. The van der Waals surface area contributed by atoms with Crippen molar-refractivity contribution in [3.8, 4) is 0 Å². The second-order valence-electron chi connectivity index (χ2n) is 4.64. The quantitative estimate of drug-likeness (QED) is 0.132. The number of hydrogen-bond acceptors (Lipinski definition) is 4. The molecular weight excluding hydrogens is 725 g/mol. The van der Waals surface area contributed by atoms with Crippen LogP contribution in [0.2, 0.25) is 0 Å². The van der Waals surface area contributed by atoms with Crippen LogP contribution in [0.5, 0.6) is 0 Å². The smallest absolute Gasteiger partial charge is 1.00 e. The van der Waals surface area contributed by atoms with Crippen molar-refractivity contribution in [1.29, 1.82) is 0 Å². The van der Waals surface area contributed by atoms with Crippen LogP contribution >= 0.6 is 30.0 Å². The largest absolute Gasteiger partial charge is 2.00 e. The summed E-state index contributed by atoms with van der Waals surface area (Å²) in [4.78, 5) is 14.4. The maximum Gasteiger partial charge on any atom is 2.00 e. The molecular formula is C8H32Cl4N12P4Pt-2. The molecule has 0 aromatic rings. The normalized spacial score (nSPS) is 33.4. The summed E-state index contributed by atoms with van der Waals surface area (Å²) in [6.07, 6.45) is 0. The molecule has 1 aliphatic heterocycles. The molecule has 0 aliphatic carbocycles. The predicted octanol–water partition coefficient (Wildman–Crippen LogP) is -10.4. The number of hydrogen-bond donors (Lipinski definition) is 8. The van der Waals surface area contributed by atoms with Crippen molar-refractivity contribution in [3.63, 3.8) is 0 Å². The van der Waals surface area contributed by atoms with Crippen LogP contribution in [-0.2, 0) is 21.1 Å². The standard InChI is InChI=1S/C8H32N12P4.4ClH.Pt/c1-9-21(10-2)17-22(11-3,12-4)19-24(15-7,16-8)20-23(13-5,14-6)18-21;;;;;/h9,11,13,15,17-20H,1-8H3;4*1H;/q;;;;;+2/p-4. The van der Waals surface area contributed by atoms with Gasteiger partial charge in [-0.25, -0.2) is 0 Å². The van der Waals surface area contributed by atoms with Gasteiger partial charge in [-0.1, -0.05) is 0 Å². The summed E-state index contributed by atoms with van der Waals surface area (Å²) >= 11 is 0. The second kappa shape index (κ2) is 17.9. The zero-order valence-electron chi connectivity index (χ0n) is 17.4. The molecule has 1 aliphatic rings. The van der Waals surface area contributed by atoms with E-state index in [0.29, 0.717) is 0 Å². The van der Waals surface area contributed by atoms with Crippen molar-refractivity contribution in [2.24, 2.45) is 19.0 Å². The summed E-state index contributed by atoms with van der Waals surface area (Å²) in [5.74, 6) is 0. The van der Waals surface area contributed by atoms with E-state index in [4.69, 9.17) is 0 Å². The van der Waals surface area contributed by atoms with E-state index in [0.717, 1.165) is 0 Å². The molecule has 184 valence electrons. The molecule has 1 saturated heterocycles. The van der Waals surface area contributed by atoms with Gasteiger partial charge in [0.1, 0.15) is 0 Å². The fourth-order valence-corrected chi connectivity index (χ4v) is 18.0. The minimum atomic E-state index is -2.33. The Labute approximate surface area is 214 Å². The van der Waals surface area contributed by atoms with Crippen molar-refractivity contribution in [2.45, 2.75) is 0 Å². The topological polar surface area (TPSA) is 146 Å². The van der Waals surface area contributed by atoms with Crippen LogP contribution in [0.25, 0.3) is 0 Å². The van der Waals surface area contributed by atoms with Gasteiger partial charge in [0.2, 0.25) is 0 Å². The Hall–Kier alpha value is 2.45. The van der Waals surface area contributed by atoms with E-state index in [1.807, 2.05) is 28.2 Å². The van der Waals surface area contributed by atoms with Gasteiger partial charge in [-0.05, 0) is 28.2 Å². The van der Waals surface area contributed by atoms with Crippen LogP contribution in [0.4, 0.5) is 0 Å². The van der Waals surface area contributed by atoms with Crippen molar-refractivity contribution < 1.29 is 70.7 Å². The molecule has 12 nitrogen and oxygen atoms in total. The first-order valence-electron chi connectivity index (χ1n) is 7.27. The maximum absolute atomic E-state index is 4.60. The van der Waals surface area contributed by atoms with Crippen molar-refractivity contribution in [3.05, 3.63) is 0 Å². The SMILES string of the molecule is CN=P1(NC)NP(=NC)(NC)NP(=NC)(NC)NP(=NC)(NC)N1.[Cl-].[Cl-].[Cl-].[Cl-].[Pt+2]. The number of nitrogens with one attached hydrogen (secondary N) is 8. The minimum absolute atomic E-state index is 0. The summed E-state index contributed by atoms with van der Waals surface area (Å²) < 4.78 is 18.4. The van der Waals surface area contributed by atoms with Crippen LogP contribution in [-0.4, -0.2) is 56.4 Å². The van der Waals surface area contributed by atoms with Crippen molar-refractivity contribution >= 4 is 30.0 Å². The zero-order valence-corrected chi connectivity index (χ0v) is 26.3. The van der Waals surface area contributed by atoms with Gasteiger partial charge in [-0.3, -0.25) is 39.3 Å². The van der Waals surface area contributed by atoms with Gasteiger partial charge in [0.25, 0.3) is 0 Å². The van der Waals surface area contributed by atoms with Crippen molar-refractivity contribution in [2.75, 3.05) is 56.4 Å². The molecule has 0 aromatic carbocycles. The molecule has 0 atom stereocenters. The third-order valence-electron chi connectivity index (χ3n) is 3.65. The van der Waals surface area contributed by atoms with E-state index in [1.54, 1.807) is 28.2 Å². The Morgan fingerprint density at radius 3 is 0.655 bits per heavy atom. The van der Waals surface area contributed by atoms with Gasteiger partial charge < -0.3 is 49.6 Å². The van der Waals surface area contributed by atoms with Crippen LogP contribution in [0.3, 0.4) is 0 Å². The van der Waals surface area contributed by atoms with E-state index < -0.39 is 30.0 Å². The molecule has 0 bridgehead atoms. The van der Waals surface area contributed by atoms with Gasteiger partial charge in [-0.2, -0.15) is 19.4 Å². The number of nitrogens with zero attached hydrogens (tertiary/aromatic N) is 4. The summed E-state index contributed by atoms with van der Waals surface area (Å²) in [5, 5.41) is 13.2. The average Bonchev–Trinajstić information content (AvgIpc) is 2.63. The summed E-state index contributed by atoms with van der Waals surface area (Å²) in [7, 11) is 5.27. The molecule has 0 amide bonds. The third kappa shape index (κ3) is 9.68. The molecule has 29 heavy (non-hydrogen) atoms. The first-order valence-corrected chi connectivity index (χ1v) is 14.2. The average molecular weight is 757 g/mol. The van der Waals surface area contributed by atoms with Crippen LogP contribution in [0.15, 0.2) is 19.0 Å². The second-order valence-corrected chi connectivity index (χ2v) is 16.3. The Morgan fingerprint density at radius 2 is 0.586 bits per heavy atom. The van der Waals surface area contributed by atoms with E-state index in [9.17, 15) is 0 Å². The maximum atomic E-state index is 4.60. The van der Waals surface area contributed by atoms with E-state index >= 15 is 0 Å². The first kappa shape index (κ1) is 41.7. The van der Waals surface area contributed by atoms with Gasteiger partial charge in [0.15, 0.2) is 30.0 Å². The van der Waals surface area contributed by atoms with Crippen LogP contribution < -0.4 is 89.4 Å². The summed E-state index contributed by atoms with van der Waals surface area (Å²) in [6, 6.07) is 0. The van der Waals surface area contributed by atoms with Gasteiger partial charge in [0, 0.05) is 28.2 Å². The Balaban J connectivity index is -0.000000384. The van der Waals surface area contributed by atoms with Gasteiger partial charge in [0.05, 0.1) is 0 Å². The molecule has 21 heteroatoms. The van der Waals surface area contributed by atoms with Gasteiger partial charge >= 0.3 is 21.1 Å². The Bertz CT molecular complexity index is 540. The molecule has 1 heterocycles. The molecule has 1 rings (SSSR count). The minimum Gasteiger partial charge on any atom is -1.00 e. The van der Waals surface area contributed by atoms with E-state index in [-0.39, 0.29) is 70.7 Å². The molecule has 0 saturated carbocycles. The van der Waals surface area contributed by atoms with E-state index in [1.165, 1.54) is 0 Å². The monoisotopic (exact) mass is 755 g/mol. The fourth-order valence-electron chi connectivity index (χ4n) is 2.08. The number of rotatable bonds is 4. The summed E-state index contributed by atoms with van der Waals surface area (Å²) in [5.41, 5.74) is 0. The zero-order chi connectivity index (χ0) is 18.5. The first-order chi connectivity index (χ1) is 11.3. The molecule has 8 N–H and O–H groups in total. The molecule has 1 fully saturated rings.